The fraction of sp³-hybridized carbons (Fsp3) is 0.600. The maximum atomic E-state index is 5.96. The van der Waals surface area contributed by atoms with Crippen molar-refractivity contribution < 1.29 is 4.74 Å². The fourth-order valence-electron chi connectivity index (χ4n) is 1.72. The summed E-state index contributed by atoms with van der Waals surface area (Å²) in [6.45, 7) is 0.878. The first-order valence-electron chi connectivity index (χ1n) is 5.04. The first-order valence-corrected chi connectivity index (χ1v) is 5.80. The number of hydrogen-bond donors (Lipinski definition) is 0. The molecule has 0 amide bonds. The van der Waals surface area contributed by atoms with Crippen LogP contribution in [-0.2, 0) is 11.2 Å². The minimum absolute atomic E-state index is 0.252. The van der Waals surface area contributed by atoms with Crippen LogP contribution in [0.5, 0.6) is 0 Å². The summed E-state index contributed by atoms with van der Waals surface area (Å²) in [7, 11) is 0. The van der Waals surface area contributed by atoms with Gasteiger partial charge in [0.25, 0.3) is 0 Å². The predicted molar refractivity (Wildman–Crippen MR) is 59.3 cm³/mol. The van der Waals surface area contributed by atoms with Crippen LogP contribution in [0.1, 0.15) is 25.0 Å². The third-order valence-electron chi connectivity index (χ3n) is 2.51. The van der Waals surface area contributed by atoms with Crippen molar-refractivity contribution in [1.82, 2.24) is 9.97 Å². The van der Waals surface area contributed by atoms with Crippen molar-refractivity contribution in [2.24, 2.45) is 0 Å². The molecule has 1 fully saturated rings. The first-order chi connectivity index (χ1) is 7.25. The Morgan fingerprint density at radius 2 is 2.33 bits per heavy atom. The van der Waals surface area contributed by atoms with E-state index in [0.717, 1.165) is 38.0 Å². The summed E-state index contributed by atoms with van der Waals surface area (Å²) in [4.78, 5) is 7.91. The van der Waals surface area contributed by atoms with Gasteiger partial charge in [0.2, 0.25) is 5.28 Å². The number of aromatic nitrogens is 2. The lowest BCUT2D eigenvalue weighted by molar-refractivity contribution is 0.104. The lowest BCUT2D eigenvalue weighted by Gasteiger charge is -2.09. The Hall–Kier alpha value is -0.380. The van der Waals surface area contributed by atoms with E-state index in [2.05, 4.69) is 9.97 Å². The molecule has 0 radical (unpaired) electrons. The van der Waals surface area contributed by atoms with Crippen LogP contribution in [0.15, 0.2) is 6.20 Å². The molecule has 0 aliphatic carbocycles. The summed E-state index contributed by atoms with van der Waals surface area (Å²) in [5, 5.41) is 0.833. The van der Waals surface area contributed by atoms with E-state index in [4.69, 9.17) is 27.9 Å². The van der Waals surface area contributed by atoms with Crippen molar-refractivity contribution in [2.45, 2.75) is 31.8 Å². The van der Waals surface area contributed by atoms with E-state index < -0.39 is 0 Å². The zero-order valence-corrected chi connectivity index (χ0v) is 9.76. The zero-order valence-electron chi connectivity index (χ0n) is 8.25. The number of aryl methyl sites for hydroxylation is 1. The lowest BCUT2D eigenvalue weighted by Crippen LogP contribution is -2.07. The molecule has 0 bridgehead atoms. The Morgan fingerprint density at radius 1 is 1.47 bits per heavy atom. The Bertz CT molecular complexity index is 340. The van der Waals surface area contributed by atoms with E-state index in [0.29, 0.717) is 11.1 Å². The highest BCUT2D eigenvalue weighted by Gasteiger charge is 2.16. The standard InChI is InChI=1S/C10H12Cl2N2O/c11-8-6-13-10(12)14-9(8)4-3-7-2-1-5-15-7/h6-7H,1-5H2/t7-/m1/s1. The molecule has 5 heteroatoms. The van der Waals surface area contributed by atoms with Crippen LogP contribution in [0.25, 0.3) is 0 Å². The third-order valence-corrected chi connectivity index (χ3v) is 3.01. The molecule has 0 saturated carbocycles. The molecule has 0 N–H and O–H groups in total. The SMILES string of the molecule is Clc1ncc(Cl)c(CC[C@H]2CCCO2)n1. The highest BCUT2D eigenvalue weighted by Crippen LogP contribution is 2.21. The molecule has 3 nitrogen and oxygen atoms in total. The topological polar surface area (TPSA) is 35.0 Å². The number of nitrogens with zero attached hydrogens (tertiary/aromatic N) is 2. The number of rotatable bonds is 3. The van der Waals surface area contributed by atoms with Gasteiger partial charge in [-0.2, -0.15) is 0 Å². The van der Waals surface area contributed by atoms with Gasteiger partial charge < -0.3 is 4.74 Å². The monoisotopic (exact) mass is 246 g/mol. The molecule has 2 heterocycles. The number of halogens is 2. The van der Waals surface area contributed by atoms with Gasteiger partial charge in [-0.15, -0.1) is 0 Å². The smallest absolute Gasteiger partial charge is 0.222 e. The molecule has 1 aromatic heterocycles. The van der Waals surface area contributed by atoms with Crippen LogP contribution >= 0.6 is 23.2 Å². The van der Waals surface area contributed by atoms with Gasteiger partial charge in [0.15, 0.2) is 0 Å². The van der Waals surface area contributed by atoms with Crippen molar-refractivity contribution in [3.63, 3.8) is 0 Å². The van der Waals surface area contributed by atoms with Crippen LogP contribution in [-0.4, -0.2) is 22.7 Å². The fourth-order valence-corrected chi connectivity index (χ4v) is 2.06. The van der Waals surface area contributed by atoms with Gasteiger partial charge in [-0.25, -0.2) is 9.97 Å². The molecule has 15 heavy (non-hydrogen) atoms. The average Bonchev–Trinajstić information content (AvgIpc) is 2.72. The van der Waals surface area contributed by atoms with Gasteiger partial charge in [-0.05, 0) is 37.3 Å². The lowest BCUT2D eigenvalue weighted by atomic mass is 10.1. The highest BCUT2D eigenvalue weighted by molar-refractivity contribution is 6.31. The van der Waals surface area contributed by atoms with Crippen LogP contribution in [0.3, 0.4) is 0 Å². The van der Waals surface area contributed by atoms with Crippen molar-refractivity contribution in [3.8, 4) is 0 Å². The number of ether oxygens (including phenoxy) is 1. The molecule has 82 valence electrons. The molecule has 1 atom stereocenters. The predicted octanol–water partition coefficient (Wildman–Crippen LogP) is 2.90. The largest absolute Gasteiger partial charge is 0.378 e. The van der Waals surface area contributed by atoms with E-state index in [1.807, 2.05) is 0 Å². The molecule has 1 aromatic rings. The van der Waals surface area contributed by atoms with Gasteiger partial charge in [0.1, 0.15) is 0 Å². The summed E-state index contributed by atoms with van der Waals surface area (Å²) in [5.41, 5.74) is 0.812. The summed E-state index contributed by atoms with van der Waals surface area (Å²) >= 11 is 11.7. The third kappa shape index (κ3) is 3.03. The van der Waals surface area contributed by atoms with E-state index in [1.54, 1.807) is 6.20 Å². The Balaban J connectivity index is 1.94. The van der Waals surface area contributed by atoms with Crippen LogP contribution < -0.4 is 0 Å². The minimum Gasteiger partial charge on any atom is -0.378 e. The van der Waals surface area contributed by atoms with Gasteiger partial charge in [0.05, 0.1) is 23.0 Å². The zero-order chi connectivity index (χ0) is 10.7. The quantitative estimate of drug-likeness (QED) is 0.770. The highest BCUT2D eigenvalue weighted by atomic mass is 35.5. The maximum absolute atomic E-state index is 5.96. The molecular formula is C10H12Cl2N2O. The number of hydrogen-bond acceptors (Lipinski definition) is 3. The van der Waals surface area contributed by atoms with E-state index in [-0.39, 0.29) is 5.28 Å². The molecule has 0 unspecified atom stereocenters. The second-order valence-corrected chi connectivity index (χ2v) is 4.35. The van der Waals surface area contributed by atoms with Gasteiger partial charge >= 0.3 is 0 Å². The van der Waals surface area contributed by atoms with Crippen molar-refractivity contribution in [2.75, 3.05) is 6.61 Å². The molecular weight excluding hydrogens is 235 g/mol. The van der Waals surface area contributed by atoms with Crippen LogP contribution in [0, 0.1) is 0 Å². The normalized spacial score (nSPS) is 20.8. The Labute approximate surface area is 98.8 Å². The molecule has 1 saturated heterocycles. The molecule has 0 aromatic carbocycles. The van der Waals surface area contributed by atoms with Crippen molar-refractivity contribution in [1.29, 1.82) is 0 Å². The summed E-state index contributed by atoms with van der Waals surface area (Å²) in [6, 6.07) is 0. The van der Waals surface area contributed by atoms with Crippen LogP contribution in [0.4, 0.5) is 0 Å². The van der Waals surface area contributed by atoms with Crippen LogP contribution in [0.2, 0.25) is 10.3 Å². The average molecular weight is 247 g/mol. The Morgan fingerprint density at radius 3 is 3.07 bits per heavy atom. The van der Waals surface area contributed by atoms with E-state index in [1.165, 1.54) is 0 Å². The first kappa shape index (κ1) is 11.1. The summed E-state index contributed by atoms with van der Waals surface area (Å²) < 4.78 is 5.53. The van der Waals surface area contributed by atoms with Crippen molar-refractivity contribution >= 4 is 23.2 Å². The maximum Gasteiger partial charge on any atom is 0.222 e. The van der Waals surface area contributed by atoms with Gasteiger partial charge in [-0.3, -0.25) is 0 Å². The second-order valence-electron chi connectivity index (χ2n) is 3.61. The van der Waals surface area contributed by atoms with E-state index in [9.17, 15) is 0 Å². The van der Waals surface area contributed by atoms with E-state index >= 15 is 0 Å². The summed E-state index contributed by atoms with van der Waals surface area (Å²) in [6.07, 6.45) is 5.94. The molecule has 2 rings (SSSR count). The molecule has 1 aliphatic heterocycles. The molecule has 0 spiro atoms. The van der Waals surface area contributed by atoms with Crippen molar-refractivity contribution in [3.05, 3.63) is 22.2 Å². The molecule has 1 aliphatic rings. The minimum atomic E-state index is 0.252. The van der Waals surface area contributed by atoms with Gasteiger partial charge in [0, 0.05) is 6.61 Å². The second kappa shape index (κ2) is 5.10. The van der Waals surface area contributed by atoms with Gasteiger partial charge in [-0.1, -0.05) is 11.6 Å². The summed E-state index contributed by atoms with van der Waals surface area (Å²) in [5.74, 6) is 0. The Kier molecular flexibility index (Phi) is 3.78.